The van der Waals surface area contributed by atoms with Gasteiger partial charge in [-0.15, -0.1) is 12.4 Å². The number of hydrogen-bond acceptors (Lipinski definition) is 6. The Morgan fingerprint density at radius 1 is 1.12 bits per heavy atom. The van der Waals surface area contributed by atoms with E-state index < -0.39 is 15.4 Å². The number of fused-ring (bicyclic) bond motifs is 1. The standard InChI is InChI=1S/C22H26ClN3O5S.ClH/c1-31-21(28)22(6-8-24-9-7-22)15-25-10-11-26(14-20(25)27)32(29,30)19-5-3-16-12-18(23)4-2-17(16)13-19;/h2-5,12-13,24H,6-11,14-15H2,1H3;1H. The van der Waals surface area contributed by atoms with Crippen LogP contribution in [0.15, 0.2) is 41.3 Å². The van der Waals surface area contributed by atoms with Crippen molar-refractivity contribution in [1.82, 2.24) is 14.5 Å². The zero-order valence-electron chi connectivity index (χ0n) is 18.3. The predicted molar refractivity (Wildman–Crippen MR) is 128 cm³/mol. The molecule has 33 heavy (non-hydrogen) atoms. The number of carbonyl (C=O) groups excluding carboxylic acids is 2. The van der Waals surface area contributed by atoms with E-state index in [2.05, 4.69) is 5.32 Å². The van der Waals surface area contributed by atoms with Gasteiger partial charge in [0.1, 0.15) is 0 Å². The van der Waals surface area contributed by atoms with Gasteiger partial charge in [0.15, 0.2) is 0 Å². The number of amides is 1. The number of piperidine rings is 1. The van der Waals surface area contributed by atoms with Crippen molar-refractivity contribution in [2.75, 3.05) is 46.4 Å². The van der Waals surface area contributed by atoms with Crippen LogP contribution in [0.5, 0.6) is 0 Å². The molecule has 2 aromatic carbocycles. The lowest BCUT2D eigenvalue weighted by Crippen LogP contribution is -2.57. The van der Waals surface area contributed by atoms with E-state index in [1.54, 1.807) is 35.2 Å². The van der Waals surface area contributed by atoms with Gasteiger partial charge in [-0.3, -0.25) is 9.59 Å². The molecule has 8 nitrogen and oxygen atoms in total. The molecule has 2 saturated heterocycles. The average molecular weight is 516 g/mol. The van der Waals surface area contributed by atoms with Gasteiger partial charge in [-0.1, -0.05) is 23.7 Å². The Morgan fingerprint density at radius 2 is 1.79 bits per heavy atom. The second kappa shape index (κ2) is 10.1. The lowest BCUT2D eigenvalue weighted by atomic mass is 9.78. The highest BCUT2D eigenvalue weighted by atomic mass is 35.5. The number of rotatable bonds is 5. The third-order valence-corrected chi connectivity index (χ3v) is 8.44. The molecule has 0 spiro atoms. The van der Waals surface area contributed by atoms with Gasteiger partial charge in [0.25, 0.3) is 0 Å². The third kappa shape index (κ3) is 5.12. The quantitative estimate of drug-likeness (QED) is 0.613. The summed E-state index contributed by atoms with van der Waals surface area (Å²) in [6, 6.07) is 10.1. The zero-order chi connectivity index (χ0) is 22.9. The van der Waals surface area contributed by atoms with Crippen LogP contribution in [0.3, 0.4) is 0 Å². The molecule has 2 fully saturated rings. The first-order valence-corrected chi connectivity index (χ1v) is 12.3. The molecule has 2 aliphatic heterocycles. The summed E-state index contributed by atoms with van der Waals surface area (Å²) < 4.78 is 32.6. The van der Waals surface area contributed by atoms with E-state index in [9.17, 15) is 18.0 Å². The minimum absolute atomic E-state index is 0. The molecule has 4 rings (SSSR count). The Hall–Kier alpha value is -1.91. The van der Waals surface area contributed by atoms with E-state index in [-0.39, 0.29) is 55.4 Å². The molecule has 0 radical (unpaired) electrons. The van der Waals surface area contributed by atoms with Crippen molar-refractivity contribution in [3.63, 3.8) is 0 Å². The number of halogens is 2. The van der Waals surface area contributed by atoms with E-state index in [4.69, 9.17) is 16.3 Å². The summed E-state index contributed by atoms with van der Waals surface area (Å²) >= 11 is 6.01. The number of ether oxygens (including phenoxy) is 1. The summed E-state index contributed by atoms with van der Waals surface area (Å²) in [5.41, 5.74) is -0.754. The van der Waals surface area contributed by atoms with Crippen LogP contribution in [0.4, 0.5) is 0 Å². The lowest BCUT2D eigenvalue weighted by molar-refractivity contribution is -0.157. The minimum Gasteiger partial charge on any atom is -0.469 e. The number of nitrogens with one attached hydrogen (secondary N) is 1. The van der Waals surface area contributed by atoms with Crippen molar-refractivity contribution in [1.29, 1.82) is 0 Å². The average Bonchev–Trinajstić information content (AvgIpc) is 2.80. The first-order valence-electron chi connectivity index (χ1n) is 10.5. The maximum Gasteiger partial charge on any atom is 0.313 e. The maximum atomic E-state index is 13.2. The molecule has 0 bridgehead atoms. The summed E-state index contributed by atoms with van der Waals surface area (Å²) in [5, 5.41) is 5.39. The zero-order valence-corrected chi connectivity index (χ0v) is 20.6. The second-order valence-corrected chi connectivity index (χ2v) is 10.7. The fraction of sp³-hybridized carbons (Fsp3) is 0.455. The summed E-state index contributed by atoms with van der Waals surface area (Å²) in [6.45, 7) is 1.73. The van der Waals surface area contributed by atoms with Gasteiger partial charge in [-0.05, 0) is 61.0 Å². The molecule has 0 atom stereocenters. The molecule has 0 aromatic heterocycles. The fourth-order valence-corrected chi connectivity index (χ4v) is 6.07. The lowest BCUT2D eigenvalue weighted by Gasteiger charge is -2.41. The van der Waals surface area contributed by atoms with Crippen LogP contribution in [0.25, 0.3) is 10.8 Å². The molecule has 0 saturated carbocycles. The van der Waals surface area contributed by atoms with Gasteiger partial charge in [-0.2, -0.15) is 4.31 Å². The van der Waals surface area contributed by atoms with Gasteiger partial charge >= 0.3 is 5.97 Å². The van der Waals surface area contributed by atoms with E-state index >= 15 is 0 Å². The molecule has 0 aliphatic carbocycles. The van der Waals surface area contributed by atoms with Crippen molar-refractivity contribution in [2.45, 2.75) is 17.7 Å². The molecule has 11 heteroatoms. The van der Waals surface area contributed by atoms with Crippen molar-refractivity contribution < 1.29 is 22.7 Å². The molecular formula is C22H27Cl2N3O5S. The molecule has 1 N–H and O–H groups in total. The predicted octanol–water partition coefficient (Wildman–Crippen LogP) is 2.29. The summed E-state index contributed by atoms with van der Waals surface area (Å²) in [5.74, 6) is -0.632. The number of hydrogen-bond donors (Lipinski definition) is 1. The highest BCUT2D eigenvalue weighted by Crippen LogP contribution is 2.32. The van der Waals surface area contributed by atoms with Crippen molar-refractivity contribution in [3.05, 3.63) is 41.4 Å². The van der Waals surface area contributed by atoms with E-state index in [1.165, 1.54) is 17.5 Å². The van der Waals surface area contributed by atoms with Crippen LogP contribution < -0.4 is 5.32 Å². The first-order chi connectivity index (χ1) is 15.2. The minimum atomic E-state index is -3.84. The Morgan fingerprint density at radius 3 is 2.45 bits per heavy atom. The smallest absolute Gasteiger partial charge is 0.313 e. The Bertz CT molecular complexity index is 1150. The largest absolute Gasteiger partial charge is 0.469 e. The van der Waals surface area contributed by atoms with Gasteiger partial charge in [-0.25, -0.2) is 8.42 Å². The Balaban J connectivity index is 0.00000306. The molecule has 2 heterocycles. The number of piperazine rings is 1. The Labute approximate surface area is 204 Å². The molecule has 2 aliphatic rings. The number of benzene rings is 2. The number of carbonyl (C=O) groups is 2. The van der Waals surface area contributed by atoms with Gasteiger partial charge in [0, 0.05) is 24.7 Å². The third-order valence-electron chi connectivity index (χ3n) is 6.37. The highest BCUT2D eigenvalue weighted by molar-refractivity contribution is 7.89. The van der Waals surface area contributed by atoms with Crippen LogP contribution in [0, 0.1) is 5.41 Å². The van der Waals surface area contributed by atoms with E-state index in [0.29, 0.717) is 31.0 Å². The number of methoxy groups -OCH3 is 1. The number of nitrogens with zero attached hydrogens (tertiary/aromatic N) is 2. The van der Waals surface area contributed by atoms with Crippen LogP contribution >= 0.6 is 24.0 Å². The fourth-order valence-electron chi connectivity index (χ4n) is 4.48. The maximum absolute atomic E-state index is 13.2. The summed E-state index contributed by atoms with van der Waals surface area (Å²) in [7, 11) is -2.48. The SMILES string of the molecule is COC(=O)C1(CN2CCN(S(=O)(=O)c3ccc4cc(Cl)ccc4c3)CC2=O)CCNCC1.Cl. The van der Waals surface area contributed by atoms with Crippen molar-refractivity contribution in [3.8, 4) is 0 Å². The molecule has 0 unspecified atom stereocenters. The number of sulfonamides is 1. The normalized spacial score (nSPS) is 19.2. The molecular weight excluding hydrogens is 489 g/mol. The topological polar surface area (TPSA) is 96.0 Å². The van der Waals surface area contributed by atoms with Crippen LogP contribution in [0.2, 0.25) is 5.02 Å². The Kier molecular flexibility index (Phi) is 7.91. The molecule has 1 amide bonds. The van der Waals surface area contributed by atoms with Crippen LogP contribution in [-0.2, 0) is 24.3 Å². The van der Waals surface area contributed by atoms with Crippen molar-refractivity contribution in [2.24, 2.45) is 5.41 Å². The van der Waals surface area contributed by atoms with Crippen LogP contribution in [0.1, 0.15) is 12.8 Å². The van der Waals surface area contributed by atoms with Crippen LogP contribution in [-0.4, -0.2) is 75.9 Å². The molecule has 2 aromatic rings. The molecule has 180 valence electrons. The monoisotopic (exact) mass is 515 g/mol. The first kappa shape index (κ1) is 25.7. The summed E-state index contributed by atoms with van der Waals surface area (Å²) in [4.78, 5) is 27.1. The second-order valence-electron chi connectivity index (χ2n) is 8.33. The van der Waals surface area contributed by atoms with Gasteiger partial charge < -0.3 is 15.0 Å². The number of esters is 1. The van der Waals surface area contributed by atoms with E-state index in [0.717, 1.165) is 10.8 Å². The van der Waals surface area contributed by atoms with Gasteiger partial charge in [0.2, 0.25) is 15.9 Å². The van der Waals surface area contributed by atoms with Crippen molar-refractivity contribution >= 4 is 56.7 Å². The van der Waals surface area contributed by atoms with E-state index in [1.807, 2.05) is 0 Å². The summed E-state index contributed by atoms with van der Waals surface area (Å²) in [6.07, 6.45) is 1.15. The highest BCUT2D eigenvalue weighted by Gasteiger charge is 2.44. The van der Waals surface area contributed by atoms with Gasteiger partial charge in [0.05, 0.1) is 24.0 Å².